The molecule has 3 heterocycles. The van der Waals surface area contributed by atoms with Crippen molar-refractivity contribution in [2.75, 3.05) is 39.8 Å². The minimum atomic E-state index is -0.113. The number of fused-ring (bicyclic) bond motifs is 2. The highest BCUT2D eigenvalue weighted by Gasteiger charge is 2.29. The largest absolute Gasteiger partial charge is 0.491 e. The van der Waals surface area contributed by atoms with Gasteiger partial charge in [-0.3, -0.25) is 4.79 Å². The van der Waals surface area contributed by atoms with Crippen LogP contribution in [0.1, 0.15) is 11.4 Å². The number of nitrogens with zero attached hydrogens (tertiary/aromatic N) is 4. The van der Waals surface area contributed by atoms with Crippen LogP contribution in [-0.4, -0.2) is 76.4 Å². The summed E-state index contributed by atoms with van der Waals surface area (Å²) in [4.78, 5) is 37.9. The van der Waals surface area contributed by atoms with Crippen LogP contribution >= 0.6 is 0 Å². The molecule has 3 aromatic rings. The van der Waals surface area contributed by atoms with E-state index >= 15 is 0 Å². The molecule has 0 unspecified atom stereocenters. The number of ether oxygens (including phenoxy) is 1. The van der Waals surface area contributed by atoms with Crippen LogP contribution in [0, 0.1) is 6.92 Å². The third-order valence-corrected chi connectivity index (χ3v) is 5.97. The Kier molecular flexibility index (Phi) is 4.77. The Balaban J connectivity index is 1.40. The van der Waals surface area contributed by atoms with Gasteiger partial charge in [0.05, 0.1) is 24.1 Å². The molecule has 31 heavy (non-hydrogen) atoms. The van der Waals surface area contributed by atoms with Crippen LogP contribution in [0.25, 0.3) is 22.2 Å². The van der Waals surface area contributed by atoms with E-state index in [0.717, 1.165) is 39.3 Å². The standard InChI is InChI=1S/C23H25N5O3/c1-15-24-19-5-3-17(12-20(19)25-15)16-4-6-21-18(11-16)13-28(9-10-31-21)23(30)27-8-7-26(2)22(29)14-27/h3-6,11-12H,7-10,13-14H2,1-2H3,(H,24,25). The van der Waals surface area contributed by atoms with Gasteiger partial charge in [0, 0.05) is 25.7 Å². The maximum Gasteiger partial charge on any atom is 0.320 e. The average Bonchev–Trinajstić information content (AvgIpc) is 3.00. The van der Waals surface area contributed by atoms with E-state index in [0.29, 0.717) is 32.8 Å². The number of rotatable bonds is 1. The van der Waals surface area contributed by atoms with E-state index in [9.17, 15) is 9.59 Å². The van der Waals surface area contributed by atoms with Crippen molar-refractivity contribution in [2.45, 2.75) is 13.5 Å². The quantitative estimate of drug-likeness (QED) is 0.657. The first-order valence-corrected chi connectivity index (χ1v) is 10.5. The number of benzene rings is 2. The predicted molar refractivity (Wildman–Crippen MR) is 117 cm³/mol. The predicted octanol–water partition coefficient (Wildman–Crippen LogP) is 2.63. The molecule has 160 valence electrons. The smallest absolute Gasteiger partial charge is 0.320 e. The summed E-state index contributed by atoms with van der Waals surface area (Å²) < 4.78 is 5.92. The van der Waals surface area contributed by atoms with E-state index in [1.165, 1.54) is 0 Å². The van der Waals surface area contributed by atoms with Gasteiger partial charge in [-0.05, 0) is 42.3 Å². The maximum atomic E-state index is 13.1. The lowest BCUT2D eigenvalue weighted by atomic mass is 10.0. The topological polar surface area (TPSA) is 81.8 Å². The van der Waals surface area contributed by atoms with Crippen LogP contribution < -0.4 is 4.74 Å². The summed E-state index contributed by atoms with van der Waals surface area (Å²) in [5, 5.41) is 0. The van der Waals surface area contributed by atoms with Gasteiger partial charge in [-0.15, -0.1) is 0 Å². The summed E-state index contributed by atoms with van der Waals surface area (Å²) in [6, 6.07) is 12.1. The van der Waals surface area contributed by atoms with Crippen molar-refractivity contribution in [1.29, 1.82) is 0 Å². The first kappa shape index (κ1) is 19.4. The molecule has 5 rings (SSSR count). The molecule has 2 aliphatic heterocycles. The Morgan fingerprint density at radius 2 is 1.81 bits per heavy atom. The lowest BCUT2D eigenvalue weighted by Gasteiger charge is -2.35. The SMILES string of the molecule is Cc1nc2ccc(-c3ccc4c(c3)CN(C(=O)N3CCN(C)C(=O)C3)CCO4)cc2[nH]1. The monoisotopic (exact) mass is 419 g/mol. The van der Waals surface area contributed by atoms with Gasteiger partial charge in [0.1, 0.15) is 24.7 Å². The van der Waals surface area contributed by atoms with E-state index in [4.69, 9.17) is 4.74 Å². The molecule has 1 aromatic heterocycles. The molecule has 2 aliphatic rings. The summed E-state index contributed by atoms with van der Waals surface area (Å²) in [5.74, 6) is 1.66. The van der Waals surface area contributed by atoms with Crippen molar-refractivity contribution in [1.82, 2.24) is 24.7 Å². The van der Waals surface area contributed by atoms with E-state index in [1.807, 2.05) is 25.1 Å². The maximum absolute atomic E-state index is 13.1. The first-order chi connectivity index (χ1) is 15.0. The fourth-order valence-corrected chi connectivity index (χ4v) is 4.18. The number of piperazine rings is 1. The molecule has 0 saturated carbocycles. The second-order valence-electron chi connectivity index (χ2n) is 8.17. The van der Waals surface area contributed by atoms with Crippen molar-refractivity contribution in [2.24, 2.45) is 0 Å². The van der Waals surface area contributed by atoms with Gasteiger partial charge < -0.3 is 24.4 Å². The minimum absolute atomic E-state index is 0.0298. The number of hydrogen-bond donors (Lipinski definition) is 1. The van der Waals surface area contributed by atoms with Crippen LogP contribution in [0.3, 0.4) is 0 Å². The summed E-state index contributed by atoms with van der Waals surface area (Å²) in [6.07, 6.45) is 0. The molecule has 8 heteroatoms. The Bertz CT molecular complexity index is 1170. The molecular weight excluding hydrogens is 394 g/mol. The van der Waals surface area contributed by atoms with E-state index in [2.05, 4.69) is 28.2 Å². The Morgan fingerprint density at radius 3 is 2.65 bits per heavy atom. The van der Waals surface area contributed by atoms with Crippen LogP contribution in [0.4, 0.5) is 4.79 Å². The van der Waals surface area contributed by atoms with Crippen LogP contribution in [0.2, 0.25) is 0 Å². The number of urea groups is 1. The van der Waals surface area contributed by atoms with E-state index < -0.39 is 0 Å². The number of H-pyrrole nitrogens is 1. The van der Waals surface area contributed by atoms with Crippen LogP contribution in [-0.2, 0) is 11.3 Å². The first-order valence-electron chi connectivity index (χ1n) is 10.5. The number of aromatic nitrogens is 2. The molecule has 8 nitrogen and oxygen atoms in total. The number of nitrogens with one attached hydrogen (secondary N) is 1. The molecule has 0 bridgehead atoms. The molecule has 0 aliphatic carbocycles. The zero-order valence-electron chi connectivity index (χ0n) is 17.7. The van der Waals surface area contributed by atoms with Crippen molar-refractivity contribution in [3.63, 3.8) is 0 Å². The summed E-state index contributed by atoms with van der Waals surface area (Å²) in [6.45, 7) is 4.55. The van der Waals surface area contributed by atoms with Crippen molar-refractivity contribution in [3.05, 3.63) is 47.8 Å². The van der Waals surface area contributed by atoms with Crippen molar-refractivity contribution in [3.8, 4) is 16.9 Å². The number of amides is 3. The fraction of sp³-hybridized carbons (Fsp3) is 0.348. The molecular formula is C23H25N5O3. The van der Waals surface area contributed by atoms with Crippen LogP contribution in [0.15, 0.2) is 36.4 Å². The van der Waals surface area contributed by atoms with Gasteiger partial charge in [0.25, 0.3) is 0 Å². The fourth-order valence-electron chi connectivity index (χ4n) is 4.18. The summed E-state index contributed by atoms with van der Waals surface area (Å²) in [7, 11) is 1.77. The molecule has 0 atom stereocenters. The summed E-state index contributed by atoms with van der Waals surface area (Å²) in [5.41, 5.74) is 5.03. The number of aryl methyl sites for hydroxylation is 1. The molecule has 0 radical (unpaired) electrons. The van der Waals surface area contributed by atoms with Crippen molar-refractivity contribution < 1.29 is 14.3 Å². The van der Waals surface area contributed by atoms with Crippen LogP contribution in [0.5, 0.6) is 5.75 Å². The molecule has 1 saturated heterocycles. The average molecular weight is 419 g/mol. The highest BCUT2D eigenvalue weighted by Crippen LogP contribution is 2.31. The number of carbonyl (C=O) groups excluding carboxylic acids is 2. The second kappa shape index (κ2) is 7.61. The van der Waals surface area contributed by atoms with Gasteiger partial charge >= 0.3 is 6.03 Å². The van der Waals surface area contributed by atoms with E-state index in [-0.39, 0.29) is 18.5 Å². The normalized spacial score (nSPS) is 16.8. The zero-order valence-corrected chi connectivity index (χ0v) is 17.7. The van der Waals surface area contributed by atoms with Gasteiger partial charge in [0.2, 0.25) is 5.91 Å². The van der Waals surface area contributed by atoms with Gasteiger partial charge in [-0.1, -0.05) is 12.1 Å². The highest BCUT2D eigenvalue weighted by atomic mass is 16.5. The zero-order chi connectivity index (χ0) is 21.5. The van der Waals surface area contributed by atoms with Gasteiger partial charge in [0.15, 0.2) is 0 Å². The van der Waals surface area contributed by atoms with E-state index in [1.54, 1.807) is 21.7 Å². The number of likely N-dealkylation sites (N-methyl/N-ethyl adjacent to an activating group) is 1. The Hall–Kier alpha value is -3.55. The second-order valence-corrected chi connectivity index (χ2v) is 8.17. The third-order valence-electron chi connectivity index (χ3n) is 5.97. The summed E-state index contributed by atoms with van der Waals surface area (Å²) >= 11 is 0. The Labute approximate surface area is 180 Å². The molecule has 0 spiro atoms. The molecule has 1 fully saturated rings. The third kappa shape index (κ3) is 3.69. The number of hydrogen-bond acceptors (Lipinski definition) is 4. The van der Waals surface area contributed by atoms with Gasteiger partial charge in [-0.25, -0.2) is 9.78 Å². The molecule has 2 aromatic carbocycles. The number of carbonyl (C=O) groups is 2. The molecule has 3 amide bonds. The van der Waals surface area contributed by atoms with Gasteiger partial charge in [-0.2, -0.15) is 0 Å². The lowest BCUT2D eigenvalue weighted by molar-refractivity contribution is -0.133. The van der Waals surface area contributed by atoms with Crippen molar-refractivity contribution >= 4 is 23.0 Å². The highest BCUT2D eigenvalue weighted by molar-refractivity contribution is 5.85. The Morgan fingerprint density at radius 1 is 1.03 bits per heavy atom. The minimum Gasteiger partial charge on any atom is -0.491 e. The molecule has 1 N–H and O–H groups in total. The lowest BCUT2D eigenvalue weighted by Crippen LogP contribution is -2.54. The number of imidazole rings is 1. The number of aromatic amines is 1.